The Hall–Kier alpha value is -2.05. The number of amides is 2. The number of carbonyl (C=O) groups is 2. The van der Waals surface area contributed by atoms with Crippen molar-refractivity contribution in [1.29, 1.82) is 0 Å². The number of nitrogens with zero attached hydrogens (tertiary/aromatic N) is 2. The van der Waals surface area contributed by atoms with Gasteiger partial charge in [-0.1, -0.05) is 0 Å². The van der Waals surface area contributed by atoms with Gasteiger partial charge in [-0.2, -0.15) is 0 Å². The molecule has 7 heteroatoms. The summed E-state index contributed by atoms with van der Waals surface area (Å²) in [6.45, 7) is 0.946. The molecule has 0 N–H and O–H groups in total. The molecule has 0 bridgehead atoms. The molecule has 3 rings (SSSR count). The summed E-state index contributed by atoms with van der Waals surface area (Å²) in [6, 6.07) is 0.946. The number of fused-ring (bicyclic) bond motifs is 1. The van der Waals surface area contributed by atoms with Gasteiger partial charge in [0.05, 0.1) is 18.4 Å². The monoisotopic (exact) mass is 326 g/mol. The summed E-state index contributed by atoms with van der Waals surface area (Å²) in [4.78, 5) is 27.7. The molecule has 2 saturated heterocycles. The van der Waals surface area contributed by atoms with Crippen molar-refractivity contribution in [1.82, 2.24) is 9.80 Å². The molecule has 0 unspecified atom stereocenters. The number of halogens is 3. The molecule has 2 fully saturated rings. The van der Waals surface area contributed by atoms with E-state index in [0.717, 1.165) is 12.5 Å². The number of hydrogen-bond acceptors (Lipinski definition) is 2. The van der Waals surface area contributed by atoms with Crippen LogP contribution in [0.5, 0.6) is 0 Å². The number of hydrogen-bond donors (Lipinski definition) is 0. The van der Waals surface area contributed by atoms with Crippen LogP contribution in [0.1, 0.15) is 18.4 Å². The molecule has 1 aromatic rings. The van der Waals surface area contributed by atoms with Crippen LogP contribution >= 0.6 is 0 Å². The van der Waals surface area contributed by atoms with Gasteiger partial charge < -0.3 is 9.80 Å². The molecule has 23 heavy (non-hydrogen) atoms. The summed E-state index contributed by atoms with van der Waals surface area (Å²) in [6.07, 6.45) is 1.09. The number of rotatable bonds is 2. The minimum absolute atomic E-state index is 0.0199. The second-order valence-corrected chi connectivity index (χ2v) is 6.16. The molecular weight excluding hydrogens is 309 g/mol. The van der Waals surface area contributed by atoms with Gasteiger partial charge in [0.2, 0.25) is 11.8 Å². The topological polar surface area (TPSA) is 40.6 Å². The van der Waals surface area contributed by atoms with Gasteiger partial charge in [-0.3, -0.25) is 9.59 Å². The molecule has 2 atom stereocenters. The maximum absolute atomic E-state index is 13.7. The van der Waals surface area contributed by atoms with Crippen LogP contribution in [0, 0.1) is 23.4 Å². The first-order valence-corrected chi connectivity index (χ1v) is 7.56. The molecule has 4 nitrogen and oxygen atoms in total. The van der Waals surface area contributed by atoms with E-state index in [9.17, 15) is 22.8 Å². The summed E-state index contributed by atoms with van der Waals surface area (Å²) >= 11 is 0. The van der Waals surface area contributed by atoms with Crippen LogP contribution in [-0.4, -0.2) is 47.8 Å². The highest BCUT2D eigenvalue weighted by Crippen LogP contribution is 2.31. The number of piperidine rings is 1. The van der Waals surface area contributed by atoms with Crippen molar-refractivity contribution in [3.8, 4) is 0 Å². The van der Waals surface area contributed by atoms with Gasteiger partial charge in [0.25, 0.3) is 0 Å². The zero-order valence-corrected chi connectivity index (χ0v) is 12.7. The molecule has 2 heterocycles. The van der Waals surface area contributed by atoms with E-state index in [4.69, 9.17) is 0 Å². The predicted octanol–water partition coefficient (Wildman–Crippen LogP) is 1.73. The Labute approximate surface area is 131 Å². The molecule has 1 aromatic carbocycles. The van der Waals surface area contributed by atoms with Gasteiger partial charge in [0.15, 0.2) is 11.6 Å². The summed E-state index contributed by atoms with van der Waals surface area (Å²) < 4.78 is 39.9. The first-order valence-electron chi connectivity index (χ1n) is 7.56. The Balaban J connectivity index is 1.78. The Morgan fingerprint density at radius 3 is 2.65 bits per heavy atom. The van der Waals surface area contributed by atoms with Crippen LogP contribution in [0.25, 0.3) is 0 Å². The summed E-state index contributed by atoms with van der Waals surface area (Å²) in [7, 11) is 1.69. The van der Waals surface area contributed by atoms with Crippen LogP contribution < -0.4 is 0 Å². The minimum atomic E-state index is -1.28. The van der Waals surface area contributed by atoms with E-state index in [1.54, 1.807) is 16.8 Å². The van der Waals surface area contributed by atoms with Gasteiger partial charge in [-0.25, -0.2) is 13.2 Å². The minimum Gasteiger partial charge on any atom is -0.343 e. The van der Waals surface area contributed by atoms with Crippen molar-refractivity contribution in [3.63, 3.8) is 0 Å². The SMILES string of the molecule is CN1C[C@@H]2[C@@H](CCCN2C(=O)Cc2cc(F)c(F)cc2F)C1=O. The fourth-order valence-electron chi connectivity index (χ4n) is 3.50. The predicted molar refractivity (Wildman–Crippen MR) is 75.9 cm³/mol. The highest BCUT2D eigenvalue weighted by molar-refractivity contribution is 5.85. The zero-order valence-electron chi connectivity index (χ0n) is 12.7. The van der Waals surface area contributed by atoms with Crippen LogP contribution in [0.3, 0.4) is 0 Å². The maximum Gasteiger partial charge on any atom is 0.227 e. The lowest BCUT2D eigenvalue weighted by molar-refractivity contribution is -0.136. The van der Waals surface area contributed by atoms with Crippen molar-refractivity contribution in [2.24, 2.45) is 5.92 Å². The van der Waals surface area contributed by atoms with Gasteiger partial charge >= 0.3 is 0 Å². The van der Waals surface area contributed by atoms with Gasteiger partial charge in [-0.05, 0) is 18.9 Å². The number of benzene rings is 1. The fourth-order valence-corrected chi connectivity index (χ4v) is 3.50. The van der Waals surface area contributed by atoms with Crippen molar-refractivity contribution in [2.45, 2.75) is 25.3 Å². The number of carbonyl (C=O) groups excluding carboxylic acids is 2. The van der Waals surface area contributed by atoms with E-state index in [2.05, 4.69) is 0 Å². The van der Waals surface area contributed by atoms with E-state index in [1.807, 2.05) is 0 Å². The van der Waals surface area contributed by atoms with E-state index in [1.165, 1.54) is 0 Å². The normalized spacial score (nSPS) is 24.1. The molecule has 0 radical (unpaired) electrons. The third-order valence-corrected chi connectivity index (χ3v) is 4.68. The van der Waals surface area contributed by atoms with E-state index in [0.29, 0.717) is 25.6 Å². The Morgan fingerprint density at radius 1 is 1.22 bits per heavy atom. The molecule has 0 saturated carbocycles. The fraction of sp³-hybridized carbons (Fsp3) is 0.500. The molecule has 0 spiro atoms. The van der Waals surface area contributed by atoms with Crippen LogP contribution in [-0.2, 0) is 16.0 Å². The quantitative estimate of drug-likeness (QED) is 0.777. The Kier molecular flexibility index (Phi) is 4.04. The Morgan fingerprint density at radius 2 is 1.91 bits per heavy atom. The summed E-state index contributed by atoms with van der Waals surface area (Å²) in [5.74, 6) is -3.96. The number of likely N-dealkylation sites (N-methyl/N-ethyl adjacent to an activating group) is 1. The standard InChI is InChI=1S/C16H17F3N2O2/c1-20-8-14-10(16(20)23)3-2-4-21(14)15(22)6-9-5-12(18)13(19)7-11(9)17/h5,7,10,14H,2-4,6,8H2,1H3/t10-,14-/m1/s1. The average molecular weight is 326 g/mol. The van der Waals surface area contributed by atoms with Gasteiger partial charge in [0.1, 0.15) is 5.82 Å². The maximum atomic E-state index is 13.7. The van der Waals surface area contributed by atoms with E-state index < -0.39 is 17.5 Å². The highest BCUT2D eigenvalue weighted by Gasteiger charge is 2.45. The van der Waals surface area contributed by atoms with Crippen LogP contribution in [0.4, 0.5) is 13.2 Å². The third-order valence-electron chi connectivity index (χ3n) is 4.68. The highest BCUT2D eigenvalue weighted by atomic mass is 19.2. The smallest absolute Gasteiger partial charge is 0.227 e. The second kappa shape index (κ2) is 5.86. The van der Waals surface area contributed by atoms with Crippen molar-refractivity contribution < 1.29 is 22.8 Å². The van der Waals surface area contributed by atoms with Gasteiger partial charge in [0, 0.05) is 31.8 Å². The van der Waals surface area contributed by atoms with Crippen LogP contribution in [0.15, 0.2) is 12.1 Å². The summed E-state index contributed by atoms with van der Waals surface area (Å²) in [5.41, 5.74) is -0.172. The van der Waals surface area contributed by atoms with E-state index in [-0.39, 0.29) is 35.8 Å². The molecule has 2 aliphatic heterocycles. The Bertz CT molecular complexity index is 665. The van der Waals surface area contributed by atoms with E-state index >= 15 is 0 Å². The van der Waals surface area contributed by atoms with Gasteiger partial charge in [-0.15, -0.1) is 0 Å². The lowest BCUT2D eigenvalue weighted by Gasteiger charge is -2.36. The first kappa shape index (κ1) is 15.8. The largest absolute Gasteiger partial charge is 0.343 e. The third kappa shape index (κ3) is 2.80. The molecular formula is C16H17F3N2O2. The van der Waals surface area contributed by atoms with Crippen molar-refractivity contribution in [3.05, 3.63) is 35.1 Å². The molecule has 2 aliphatic rings. The van der Waals surface area contributed by atoms with Crippen molar-refractivity contribution in [2.75, 3.05) is 20.1 Å². The average Bonchev–Trinajstić information content (AvgIpc) is 2.80. The lowest BCUT2D eigenvalue weighted by Crippen LogP contribution is -2.49. The number of likely N-dealkylation sites (tertiary alicyclic amines) is 2. The zero-order chi connectivity index (χ0) is 16.7. The van der Waals surface area contributed by atoms with Crippen molar-refractivity contribution >= 4 is 11.8 Å². The second-order valence-electron chi connectivity index (χ2n) is 6.16. The summed E-state index contributed by atoms with van der Waals surface area (Å²) in [5, 5.41) is 0. The first-order chi connectivity index (χ1) is 10.9. The molecule has 124 valence electrons. The molecule has 0 aromatic heterocycles. The molecule has 2 amide bonds. The molecule has 0 aliphatic carbocycles. The van der Waals surface area contributed by atoms with Crippen LogP contribution in [0.2, 0.25) is 0 Å². The lowest BCUT2D eigenvalue weighted by atomic mass is 9.91.